The van der Waals surface area contributed by atoms with Gasteiger partial charge in [0.2, 0.25) is 0 Å². The Labute approximate surface area is 95.1 Å². The highest BCUT2D eigenvalue weighted by Gasteiger charge is 2.09. The summed E-state index contributed by atoms with van der Waals surface area (Å²) in [5, 5.41) is 10.4. The summed E-state index contributed by atoms with van der Waals surface area (Å²) in [7, 11) is 0. The van der Waals surface area contributed by atoms with Crippen molar-refractivity contribution in [3.63, 3.8) is 0 Å². The van der Waals surface area contributed by atoms with Crippen molar-refractivity contribution in [2.45, 2.75) is 26.3 Å². The molecule has 0 saturated carbocycles. The molecule has 0 aliphatic heterocycles. The molecular weight excluding hydrogens is 202 g/mol. The molecule has 0 spiro atoms. The molecule has 2 aromatic rings. The van der Waals surface area contributed by atoms with E-state index in [1.54, 1.807) is 6.26 Å². The molecule has 16 heavy (non-hydrogen) atoms. The van der Waals surface area contributed by atoms with Crippen LogP contribution in [0.5, 0.6) is 0 Å². The Morgan fingerprint density at radius 2 is 2.44 bits per heavy atom. The Bertz CT molecular complexity index is 419. The molecule has 0 radical (unpaired) electrons. The van der Waals surface area contributed by atoms with Gasteiger partial charge in [-0.25, -0.2) is 0 Å². The third kappa shape index (κ3) is 2.52. The number of hydrogen-bond acceptors (Lipinski definition) is 3. The van der Waals surface area contributed by atoms with Crippen molar-refractivity contribution >= 4 is 0 Å². The first-order chi connectivity index (χ1) is 7.77. The van der Waals surface area contributed by atoms with Gasteiger partial charge in [0.05, 0.1) is 12.5 Å². The van der Waals surface area contributed by atoms with E-state index in [0.29, 0.717) is 6.04 Å². The normalized spacial score (nSPS) is 12.9. The predicted molar refractivity (Wildman–Crippen MR) is 62.2 cm³/mol. The van der Waals surface area contributed by atoms with Crippen LogP contribution in [0.15, 0.2) is 29.0 Å². The molecule has 0 aliphatic carbocycles. The highest BCUT2D eigenvalue weighted by atomic mass is 16.3. The van der Waals surface area contributed by atoms with E-state index in [2.05, 4.69) is 22.4 Å². The smallest absolute Gasteiger partial charge is 0.105 e. The number of rotatable bonds is 5. The fraction of sp³-hybridized carbons (Fsp3) is 0.417. The lowest BCUT2D eigenvalue weighted by Gasteiger charge is -2.12. The lowest BCUT2D eigenvalue weighted by Crippen LogP contribution is -2.21. The maximum absolute atomic E-state index is 5.27. The van der Waals surface area contributed by atoms with E-state index < -0.39 is 0 Å². The van der Waals surface area contributed by atoms with Gasteiger partial charge in [0.1, 0.15) is 5.76 Å². The second kappa shape index (κ2) is 4.99. The van der Waals surface area contributed by atoms with Crippen molar-refractivity contribution < 1.29 is 4.42 Å². The van der Waals surface area contributed by atoms with Gasteiger partial charge in [-0.15, -0.1) is 0 Å². The summed E-state index contributed by atoms with van der Waals surface area (Å²) < 4.78 is 5.27. The second-order valence-electron chi connectivity index (χ2n) is 3.96. The Balaban J connectivity index is 1.80. The Hall–Kier alpha value is -1.55. The fourth-order valence-corrected chi connectivity index (χ4v) is 1.77. The van der Waals surface area contributed by atoms with Crippen LogP contribution in [0.3, 0.4) is 0 Å². The molecule has 86 valence electrons. The van der Waals surface area contributed by atoms with Crippen molar-refractivity contribution in [2.24, 2.45) is 0 Å². The lowest BCUT2D eigenvalue weighted by atomic mass is 10.1. The minimum atomic E-state index is 0.314. The maximum Gasteiger partial charge on any atom is 0.105 e. The molecule has 1 atom stereocenters. The van der Waals surface area contributed by atoms with Crippen molar-refractivity contribution in [2.75, 3.05) is 6.54 Å². The first-order valence-electron chi connectivity index (χ1n) is 5.53. The molecule has 4 nitrogen and oxygen atoms in total. The first kappa shape index (κ1) is 11.0. The standard InChI is InChI=1S/C12H17N3O/c1-9(12-8-14-15-10(12)2)13-6-5-11-4-3-7-16-11/h3-4,7-9,13H,5-6H2,1-2H3,(H,14,15). The number of aromatic nitrogens is 2. The number of nitrogens with zero attached hydrogens (tertiary/aromatic N) is 1. The van der Waals surface area contributed by atoms with Crippen molar-refractivity contribution in [3.8, 4) is 0 Å². The van der Waals surface area contributed by atoms with Crippen molar-refractivity contribution in [3.05, 3.63) is 41.6 Å². The number of nitrogens with one attached hydrogen (secondary N) is 2. The minimum Gasteiger partial charge on any atom is -0.469 e. The molecule has 2 rings (SSSR count). The van der Waals surface area contributed by atoms with Crippen LogP contribution in [0.25, 0.3) is 0 Å². The summed E-state index contributed by atoms with van der Waals surface area (Å²) in [6.45, 7) is 5.08. The molecule has 0 amide bonds. The van der Waals surface area contributed by atoms with E-state index in [1.165, 1.54) is 5.56 Å². The molecular formula is C12H17N3O. The van der Waals surface area contributed by atoms with Gasteiger partial charge < -0.3 is 9.73 Å². The van der Waals surface area contributed by atoms with Crippen molar-refractivity contribution in [1.29, 1.82) is 0 Å². The van der Waals surface area contributed by atoms with Crippen molar-refractivity contribution in [1.82, 2.24) is 15.5 Å². The number of furan rings is 1. The zero-order valence-electron chi connectivity index (χ0n) is 9.66. The van der Waals surface area contributed by atoms with Crippen LogP contribution >= 0.6 is 0 Å². The topological polar surface area (TPSA) is 53.9 Å². The van der Waals surface area contributed by atoms with Gasteiger partial charge in [0, 0.05) is 30.3 Å². The van der Waals surface area contributed by atoms with Crippen LogP contribution < -0.4 is 5.32 Å². The number of aromatic amines is 1. The SMILES string of the molecule is Cc1[nH]ncc1C(C)NCCc1ccco1. The van der Waals surface area contributed by atoms with Gasteiger partial charge in [-0.05, 0) is 26.0 Å². The second-order valence-corrected chi connectivity index (χ2v) is 3.96. The van der Waals surface area contributed by atoms with E-state index in [1.807, 2.05) is 25.3 Å². The van der Waals surface area contributed by atoms with Crippen LogP contribution in [-0.4, -0.2) is 16.7 Å². The number of H-pyrrole nitrogens is 1. The Morgan fingerprint density at radius 1 is 1.56 bits per heavy atom. The van der Waals surface area contributed by atoms with Gasteiger partial charge in [-0.2, -0.15) is 5.10 Å². The quantitative estimate of drug-likeness (QED) is 0.810. The molecule has 2 heterocycles. The summed E-state index contributed by atoms with van der Waals surface area (Å²) >= 11 is 0. The zero-order chi connectivity index (χ0) is 11.4. The molecule has 1 unspecified atom stereocenters. The van der Waals surface area contributed by atoms with Gasteiger partial charge in [-0.1, -0.05) is 0 Å². The molecule has 0 saturated heterocycles. The van der Waals surface area contributed by atoms with Crippen LogP contribution in [0.2, 0.25) is 0 Å². The Kier molecular flexibility index (Phi) is 3.41. The molecule has 0 fully saturated rings. The van der Waals surface area contributed by atoms with E-state index in [4.69, 9.17) is 4.42 Å². The van der Waals surface area contributed by atoms with Crippen LogP contribution in [-0.2, 0) is 6.42 Å². The Morgan fingerprint density at radius 3 is 3.06 bits per heavy atom. The average molecular weight is 219 g/mol. The summed E-state index contributed by atoms with van der Waals surface area (Å²) in [6.07, 6.45) is 4.49. The zero-order valence-corrected chi connectivity index (χ0v) is 9.66. The average Bonchev–Trinajstić information content (AvgIpc) is 2.88. The molecule has 2 N–H and O–H groups in total. The highest BCUT2D eigenvalue weighted by molar-refractivity contribution is 5.18. The summed E-state index contributed by atoms with van der Waals surface area (Å²) in [4.78, 5) is 0. The molecule has 0 aliphatic rings. The van der Waals surface area contributed by atoms with E-state index in [9.17, 15) is 0 Å². The minimum absolute atomic E-state index is 0.314. The van der Waals surface area contributed by atoms with Gasteiger partial charge >= 0.3 is 0 Å². The molecule has 2 aromatic heterocycles. The van der Waals surface area contributed by atoms with Gasteiger partial charge in [0.15, 0.2) is 0 Å². The monoisotopic (exact) mass is 219 g/mol. The first-order valence-corrected chi connectivity index (χ1v) is 5.53. The molecule has 0 bridgehead atoms. The predicted octanol–water partition coefficient (Wildman–Crippen LogP) is 2.20. The third-order valence-corrected chi connectivity index (χ3v) is 2.74. The van der Waals surface area contributed by atoms with E-state index in [-0.39, 0.29) is 0 Å². The highest BCUT2D eigenvalue weighted by Crippen LogP contribution is 2.13. The molecule has 4 heteroatoms. The summed E-state index contributed by atoms with van der Waals surface area (Å²) in [5.74, 6) is 1.02. The molecule has 0 aromatic carbocycles. The van der Waals surface area contributed by atoms with Gasteiger partial charge in [-0.3, -0.25) is 5.10 Å². The fourth-order valence-electron chi connectivity index (χ4n) is 1.77. The van der Waals surface area contributed by atoms with E-state index >= 15 is 0 Å². The number of hydrogen-bond donors (Lipinski definition) is 2. The van der Waals surface area contributed by atoms with Gasteiger partial charge in [0.25, 0.3) is 0 Å². The summed E-state index contributed by atoms with van der Waals surface area (Å²) in [6, 6.07) is 4.22. The largest absolute Gasteiger partial charge is 0.469 e. The van der Waals surface area contributed by atoms with E-state index in [0.717, 1.165) is 24.4 Å². The maximum atomic E-state index is 5.27. The summed E-state index contributed by atoms with van der Waals surface area (Å²) in [5.41, 5.74) is 2.34. The van der Waals surface area contributed by atoms with Crippen LogP contribution in [0, 0.1) is 6.92 Å². The van der Waals surface area contributed by atoms with Crippen LogP contribution in [0.1, 0.15) is 30.0 Å². The number of aryl methyl sites for hydroxylation is 1. The third-order valence-electron chi connectivity index (χ3n) is 2.74. The lowest BCUT2D eigenvalue weighted by molar-refractivity contribution is 0.486. The van der Waals surface area contributed by atoms with Crippen LogP contribution in [0.4, 0.5) is 0 Å².